The van der Waals surface area contributed by atoms with Crippen LogP contribution in [0.5, 0.6) is 0 Å². The lowest BCUT2D eigenvalue weighted by Gasteiger charge is -2.26. The lowest BCUT2D eigenvalue weighted by Crippen LogP contribution is -2.50. The summed E-state index contributed by atoms with van der Waals surface area (Å²) in [5, 5.41) is 11.5. The molecule has 0 unspecified atom stereocenters. The van der Waals surface area contributed by atoms with E-state index in [1.807, 2.05) is 20.8 Å². The lowest BCUT2D eigenvalue weighted by atomic mass is 10.0. The average molecular weight is 188 g/mol. The maximum absolute atomic E-state index is 11.3. The number of rotatable bonds is 5. The molecule has 0 spiro atoms. The second-order valence-electron chi connectivity index (χ2n) is 3.86. The molecule has 0 rings (SSSR count). The molecule has 0 aromatic carbocycles. The number of aliphatic hydroxyl groups excluding tert-OH is 1. The van der Waals surface area contributed by atoms with E-state index in [1.54, 1.807) is 0 Å². The molecular weight excluding hydrogens is 168 g/mol. The lowest BCUT2D eigenvalue weighted by molar-refractivity contribution is -0.124. The highest BCUT2D eigenvalue weighted by molar-refractivity contribution is 5.82. The van der Waals surface area contributed by atoms with Crippen LogP contribution in [0.2, 0.25) is 0 Å². The van der Waals surface area contributed by atoms with E-state index in [0.717, 1.165) is 0 Å². The monoisotopic (exact) mass is 188 g/mol. The molecule has 4 nitrogen and oxygen atoms in total. The predicted octanol–water partition coefficient (Wildman–Crippen LogP) is 0.000900. The molecular formula is C9H20N2O2. The molecule has 0 aliphatic carbocycles. The molecule has 4 N–H and O–H groups in total. The van der Waals surface area contributed by atoms with Gasteiger partial charge in [-0.3, -0.25) is 4.79 Å². The number of amides is 1. The van der Waals surface area contributed by atoms with Crippen LogP contribution in [-0.4, -0.2) is 29.2 Å². The minimum absolute atomic E-state index is 0.0641. The van der Waals surface area contributed by atoms with Crippen LogP contribution in [0.15, 0.2) is 0 Å². The van der Waals surface area contributed by atoms with E-state index in [1.165, 1.54) is 0 Å². The smallest absolute Gasteiger partial charge is 0.237 e. The summed E-state index contributed by atoms with van der Waals surface area (Å²) in [6, 6.07) is -0.446. The Bertz CT molecular complexity index is 169. The van der Waals surface area contributed by atoms with Crippen LogP contribution in [0.4, 0.5) is 0 Å². The summed E-state index contributed by atoms with van der Waals surface area (Å²) < 4.78 is 0. The summed E-state index contributed by atoms with van der Waals surface area (Å²) in [5.74, 6) is -0.152. The minimum Gasteiger partial charge on any atom is -0.396 e. The molecule has 0 aromatic heterocycles. The molecule has 0 radical (unpaired) electrons. The number of hydrogen-bond acceptors (Lipinski definition) is 3. The maximum Gasteiger partial charge on any atom is 0.237 e. The van der Waals surface area contributed by atoms with Gasteiger partial charge < -0.3 is 16.2 Å². The number of nitrogens with two attached hydrogens (primary N) is 1. The van der Waals surface area contributed by atoms with E-state index in [-0.39, 0.29) is 18.1 Å². The molecule has 78 valence electrons. The SMILES string of the molecule is CC[C@@H](N)C(=O)NC(C)(C)CCO. The van der Waals surface area contributed by atoms with Gasteiger partial charge in [-0.15, -0.1) is 0 Å². The number of aliphatic hydroxyl groups is 1. The topological polar surface area (TPSA) is 75.4 Å². The van der Waals surface area contributed by atoms with E-state index in [9.17, 15) is 4.79 Å². The summed E-state index contributed by atoms with van der Waals surface area (Å²) in [6.45, 7) is 5.66. The second-order valence-corrected chi connectivity index (χ2v) is 3.86. The summed E-state index contributed by atoms with van der Waals surface area (Å²) in [4.78, 5) is 11.3. The van der Waals surface area contributed by atoms with Crippen molar-refractivity contribution in [3.05, 3.63) is 0 Å². The Morgan fingerprint density at radius 1 is 1.62 bits per heavy atom. The quantitative estimate of drug-likeness (QED) is 0.568. The summed E-state index contributed by atoms with van der Waals surface area (Å²) in [6.07, 6.45) is 1.16. The molecule has 0 aliphatic heterocycles. The zero-order valence-electron chi connectivity index (χ0n) is 8.63. The molecule has 1 atom stereocenters. The van der Waals surface area contributed by atoms with Crippen LogP contribution in [0.3, 0.4) is 0 Å². The van der Waals surface area contributed by atoms with Gasteiger partial charge in [0.1, 0.15) is 0 Å². The fraction of sp³-hybridized carbons (Fsp3) is 0.889. The second kappa shape index (κ2) is 5.19. The molecule has 0 saturated carbocycles. The third kappa shape index (κ3) is 4.85. The highest BCUT2D eigenvalue weighted by Crippen LogP contribution is 2.07. The normalized spacial score (nSPS) is 13.9. The first-order valence-electron chi connectivity index (χ1n) is 4.61. The van der Waals surface area contributed by atoms with E-state index in [2.05, 4.69) is 5.32 Å². The zero-order chi connectivity index (χ0) is 10.5. The highest BCUT2D eigenvalue weighted by Gasteiger charge is 2.22. The van der Waals surface area contributed by atoms with E-state index >= 15 is 0 Å². The van der Waals surface area contributed by atoms with Crippen molar-refractivity contribution in [1.29, 1.82) is 0 Å². The first-order chi connectivity index (χ1) is 5.93. The van der Waals surface area contributed by atoms with Gasteiger partial charge in [0.25, 0.3) is 0 Å². The first-order valence-corrected chi connectivity index (χ1v) is 4.61. The van der Waals surface area contributed by atoms with Crippen LogP contribution in [-0.2, 0) is 4.79 Å². The molecule has 4 heteroatoms. The Kier molecular flexibility index (Phi) is 4.95. The molecule has 0 heterocycles. The minimum atomic E-state index is -0.446. The molecule has 1 amide bonds. The third-order valence-corrected chi connectivity index (χ3v) is 1.97. The zero-order valence-corrected chi connectivity index (χ0v) is 8.63. The van der Waals surface area contributed by atoms with Crippen molar-refractivity contribution < 1.29 is 9.90 Å². The van der Waals surface area contributed by atoms with Crippen LogP contribution in [0.25, 0.3) is 0 Å². The Morgan fingerprint density at radius 2 is 2.15 bits per heavy atom. The van der Waals surface area contributed by atoms with Crippen LogP contribution in [0, 0.1) is 0 Å². The van der Waals surface area contributed by atoms with Crippen LogP contribution in [0.1, 0.15) is 33.6 Å². The van der Waals surface area contributed by atoms with Crippen molar-refractivity contribution >= 4 is 5.91 Å². The summed E-state index contributed by atoms with van der Waals surface area (Å²) in [5.41, 5.74) is 5.17. The largest absolute Gasteiger partial charge is 0.396 e. The number of hydrogen-bond donors (Lipinski definition) is 3. The van der Waals surface area contributed by atoms with Gasteiger partial charge in [0.05, 0.1) is 6.04 Å². The van der Waals surface area contributed by atoms with E-state index in [0.29, 0.717) is 12.8 Å². The van der Waals surface area contributed by atoms with Crippen molar-refractivity contribution in [2.75, 3.05) is 6.61 Å². The van der Waals surface area contributed by atoms with Gasteiger partial charge in [0.15, 0.2) is 0 Å². The van der Waals surface area contributed by atoms with Gasteiger partial charge in [0.2, 0.25) is 5.91 Å². The number of nitrogens with one attached hydrogen (secondary N) is 1. The molecule has 0 aromatic rings. The summed E-state index contributed by atoms with van der Waals surface area (Å²) >= 11 is 0. The first kappa shape index (κ1) is 12.4. The fourth-order valence-electron chi connectivity index (χ4n) is 0.954. The van der Waals surface area contributed by atoms with Crippen molar-refractivity contribution in [2.45, 2.75) is 45.2 Å². The van der Waals surface area contributed by atoms with Gasteiger partial charge in [-0.05, 0) is 26.7 Å². The molecule has 0 aliphatic rings. The van der Waals surface area contributed by atoms with Crippen molar-refractivity contribution in [3.63, 3.8) is 0 Å². The van der Waals surface area contributed by atoms with Crippen LogP contribution >= 0.6 is 0 Å². The van der Waals surface area contributed by atoms with Gasteiger partial charge in [-0.25, -0.2) is 0 Å². The van der Waals surface area contributed by atoms with Crippen molar-refractivity contribution in [3.8, 4) is 0 Å². The molecule has 0 saturated heterocycles. The Balaban J connectivity index is 4.03. The van der Waals surface area contributed by atoms with Crippen LogP contribution < -0.4 is 11.1 Å². The van der Waals surface area contributed by atoms with E-state index < -0.39 is 6.04 Å². The highest BCUT2D eigenvalue weighted by atomic mass is 16.3. The fourth-order valence-corrected chi connectivity index (χ4v) is 0.954. The van der Waals surface area contributed by atoms with Crippen molar-refractivity contribution in [2.24, 2.45) is 5.73 Å². The Morgan fingerprint density at radius 3 is 2.54 bits per heavy atom. The van der Waals surface area contributed by atoms with E-state index in [4.69, 9.17) is 10.8 Å². The van der Waals surface area contributed by atoms with Gasteiger partial charge >= 0.3 is 0 Å². The predicted molar refractivity (Wildman–Crippen MR) is 52.2 cm³/mol. The standard InChI is InChI=1S/C9H20N2O2/c1-4-7(10)8(13)11-9(2,3)5-6-12/h7,12H,4-6,10H2,1-3H3,(H,11,13)/t7-/m1/s1. The van der Waals surface area contributed by atoms with Gasteiger partial charge in [-0.2, -0.15) is 0 Å². The van der Waals surface area contributed by atoms with Crippen molar-refractivity contribution in [1.82, 2.24) is 5.32 Å². The maximum atomic E-state index is 11.3. The molecule has 0 bridgehead atoms. The number of carbonyl (C=O) groups excluding carboxylic acids is 1. The number of carbonyl (C=O) groups is 1. The van der Waals surface area contributed by atoms with Gasteiger partial charge in [-0.1, -0.05) is 6.92 Å². The Labute approximate surface area is 79.5 Å². The average Bonchev–Trinajstić information content (AvgIpc) is 2.01. The third-order valence-electron chi connectivity index (χ3n) is 1.97. The molecule has 13 heavy (non-hydrogen) atoms. The van der Waals surface area contributed by atoms with Gasteiger partial charge in [0, 0.05) is 12.1 Å². The summed E-state index contributed by atoms with van der Waals surface area (Å²) in [7, 11) is 0. The Hall–Kier alpha value is -0.610. The molecule has 0 fully saturated rings.